The Morgan fingerprint density at radius 2 is 1.71 bits per heavy atom. The van der Waals surface area contributed by atoms with Crippen LogP contribution in [-0.2, 0) is 26.2 Å². The Balaban J connectivity index is 1.81. The highest BCUT2D eigenvalue weighted by molar-refractivity contribution is 7.91. The number of alkyl halides is 6. The molecule has 12 heteroatoms. The lowest BCUT2D eigenvalue weighted by Crippen LogP contribution is -2.45. The predicted octanol–water partition coefficient (Wildman–Crippen LogP) is 4.64. The van der Waals surface area contributed by atoms with Crippen molar-refractivity contribution in [2.24, 2.45) is 0 Å². The first kappa shape index (κ1) is 26.8. The van der Waals surface area contributed by atoms with E-state index in [1.807, 2.05) is 0 Å². The SMILES string of the molecule is CC(NC(=O)CS(C)(=O)=O)c1ccc(N2CCC(c3cccc(C(F)(F)F)c3)(C(F)(F)F)C2)cc1. The molecule has 1 aliphatic rings. The van der Waals surface area contributed by atoms with Crippen LogP contribution in [0, 0.1) is 0 Å². The molecule has 2 aromatic rings. The Morgan fingerprint density at radius 3 is 2.26 bits per heavy atom. The maximum atomic E-state index is 14.2. The molecule has 1 amide bonds. The van der Waals surface area contributed by atoms with Crippen LogP contribution in [-0.4, -0.2) is 45.6 Å². The molecule has 35 heavy (non-hydrogen) atoms. The smallest absolute Gasteiger partial charge is 0.370 e. The minimum atomic E-state index is -4.77. The van der Waals surface area contributed by atoms with Gasteiger partial charge in [0.15, 0.2) is 9.84 Å². The number of benzene rings is 2. The molecule has 1 aliphatic heterocycles. The van der Waals surface area contributed by atoms with Crippen LogP contribution < -0.4 is 10.2 Å². The Hall–Kier alpha value is -2.76. The van der Waals surface area contributed by atoms with Crippen molar-refractivity contribution >= 4 is 21.4 Å². The zero-order valence-electron chi connectivity index (χ0n) is 18.9. The number of amides is 1. The summed E-state index contributed by atoms with van der Waals surface area (Å²) in [5.74, 6) is -1.35. The molecule has 0 aliphatic carbocycles. The summed E-state index contributed by atoms with van der Waals surface area (Å²) in [7, 11) is -3.50. The Labute approximate surface area is 199 Å². The van der Waals surface area contributed by atoms with Crippen LogP contribution in [0.3, 0.4) is 0 Å². The van der Waals surface area contributed by atoms with Gasteiger partial charge in [0, 0.05) is 25.0 Å². The van der Waals surface area contributed by atoms with Crippen molar-refractivity contribution in [3.05, 3.63) is 65.2 Å². The average molecular weight is 523 g/mol. The molecule has 192 valence electrons. The normalized spacial score (nSPS) is 20.1. The fourth-order valence-corrected chi connectivity index (χ4v) is 4.79. The van der Waals surface area contributed by atoms with Crippen molar-refractivity contribution in [1.82, 2.24) is 5.32 Å². The second-order valence-corrected chi connectivity index (χ2v) is 10.9. The highest BCUT2D eigenvalue weighted by Gasteiger charge is 2.59. The average Bonchev–Trinajstić information content (AvgIpc) is 3.19. The van der Waals surface area contributed by atoms with Gasteiger partial charge in [-0.25, -0.2) is 8.42 Å². The number of hydrogen-bond acceptors (Lipinski definition) is 4. The van der Waals surface area contributed by atoms with Gasteiger partial charge in [-0.15, -0.1) is 0 Å². The standard InChI is InChI=1S/C23H24F6N2O3S/c1-15(30-20(32)13-35(2,33)34)16-6-8-19(9-7-16)31-11-10-21(14-31,23(27,28)29)17-4-3-5-18(12-17)22(24,25)26/h3-9,12,15H,10-11,13-14H2,1-2H3,(H,30,32). The van der Waals surface area contributed by atoms with Crippen molar-refractivity contribution in [2.75, 3.05) is 30.0 Å². The molecular formula is C23H24F6N2O3S. The molecule has 0 bridgehead atoms. The molecule has 0 aromatic heterocycles. The lowest BCUT2D eigenvalue weighted by atomic mass is 9.78. The van der Waals surface area contributed by atoms with Crippen LogP contribution >= 0.6 is 0 Å². The van der Waals surface area contributed by atoms with E-state index in [2.05, 4.69) is 5.32 Å². The first-order valence-corrected chi connectivity index (χ1v) is 12.6. The van der Waals surface area contributed by atoms with E-state index >= 15 is 0 Å². The van der Waals surface area contributed by atoms with Gasteiger partial charge in [-0.3, -0.25) is 4.79 Å². The first-order chi connectivity index (χ1) is 16.0. The Bertz CT molecular complexity index is 1180. The minimum absolute atomic E-state index is 0.0181. The molecule has 1 fully saturated rings. The van der Waals surface area contributed by atoms with Crippen LogP contribution in [0.25, 0.3) is 0 Å². The minimum Gasteiger partial charge on any atom is -0.370 e. The number of hydrogen-bond donors (Lipinski definition) is 1. The van der Waals surface area contributed by atoms with Gasteiger partial charge < -0.3 is 10.2 Å². The highest BCUT2D eigenvalue weighted by Crippen LogP contribution is 2.49. The molecule has 1 heterocycles. The zero-order chi connectivity index (χ0) is 26.2. The van der Waals surface area contributed by atoms with Crippen LogP contribution in [0.5, 0.6) is 0 Å². The molecular weight excluding hydrogens is 498 g/mol. The Kier molecular flexibility index (Phi) is 7.18. The summed E-state index contributed by atoms with van der Waals surface area (Å²) < 4.78 is 105. The topological polar surface area (TPSA) is 66.5 Å². The van der Waals surface area contributed by atoms with Crippen LogP contribution in [0.15, 0.2) is 48.5 Å². The van der Waals surface area contributed by atoms with Gasteiger partial charge >= 0.3 is 12.4 Å². The second kappa shape index (κ2) is 9.36. The van der Waals surface area contributed by atoms with Crippen molar-refractivity contribution in [1.29, 1.82) is 0 Å². The number of carbonyl (C=O) groups is 1. The first-order valence-electron chi connectivity index (χ1n) is 10.6. The van der Waals surface area contributed by atoms with Crippen molar-refractivity contribution in [3.8, 4) is 0 Å². The van der Waals surface area contributed by atoms with E-state index in [9.17, 15) is 39.6 Å². The molecule has 0 spiro atoms. The van der Waals surface area contributed by atoms with Gasteiger partial charge in [-0.2, -0.15) is 26.3 Å². The van der Waals surface area contributed by atoms with E-state index in [0.717, 1.165) is 24.5 Å². The van der Waals surface area contributed by atoms with E-state index in [1.54, 1.807) is 31.2 Å². The molecule has 1 N–H and O–H groups in total. The van der Waals surface area contributed by atoms with Crippen molar-refractivity contribution in [2.45, 2.75) is 37.2 Å². The number of carbonyl (C=O) groups excluding carboxylic acids is 1. The quantitative estimate of drug-likeness (QED) is 0.562. The van der Waals surface area contributed by atoms with Gasteiger partial charge in [0.25, 0.3) is 0 Å². The maximum absolute atomic E-state index is 14.2. The number of nitrogens with one attached hydrogen (secondary N) is 1. The number of nitrogens with zero attached hydrogens (tertiary/aromatic N) is 1. The summed E-state index contributed by atoms with van der Waals surface area (Å²) >= 11 is 0. The van der Waals surface area contributed by atoms with Gasteiger partial charge in [0.2, 0.25) is 5.91 Å². The molecule has 2 aromatic carbocycles. The summed E-state index contributed by atoms with van der Waals surface area (Å²) in [4.78, 5) is 13.3. The molecule has 2 atom stereocenters. The van der Waals surface area contributed by atoms with E-state index in [4.69, 9.17) is 0 Å². The maximum Gasteiger partial charge on any atom is 0.416 e. The third-order valence-electron chi connectivity index (χ3n) is 6.08. The Morgan fingerprint density at radius 1 is 1.09 bits per heavy atom. The molecule has 3 rings (SSSR count). The number of halogens is 6. The number of sulfone groups is 1. The monoisotopic (exact) mass is 522 g/mol. The van der Waals surface area contributed by atoms with Crippen molar-refractivity contribution < 1.29 is 39.6 Å². The van der Waals surface area contributed by atoms with E-state index in [-0.39, 0.29) is 6.54 Å². The fourth-order valence-electron chi connectivity index (χ4n) is 4.23. The lowest BCUT2D eigenvalue weighted by Gasteiger charge is -2.33. The third kappa shape index (κ3) is 6.09. The fraction of sp³-hybridized carbons (Fsp3) is 0.435. The van der Waals surface area contributed by atoms with Crippen LogP contribution in [0.2, 0.25) is 0 Å². The molecule has 5 nitrogen and oxygen atoms in total. The lowest BCUT2D eigenvalue weighted by molar-refractivity contribution is -0.184. The van der Waals surface area contributed by atoms with Crippen LogP contribution in [0.1, 0.15) is 36.1 Å². The molecule has 0 saturated carbocycles. The summed E-state index contributed by atoms with van der Waals surface area (Å²) in [6.45, 7) is 1.07. The van der Waals surface area contributed by atoms with Crippen molar-refractivity contribution in [3.63, 3.8) is 0 Å². The molecule has 2 unspecified atom stereocenters. The van der Waals surface area contributed by atoms with Gasteiger partial charge in [0.05, 0.1) is 11.6 Å². The molecule has 0 radical (unpaired) electrons. The largest absolute Gasteiger partial charge is 0.416 e. The summed E-state index contributed by atoms with van der Waals surface area (Å²) in [6.07, 6.45) is -9.01. The third-order valence-corrected chi connectivity index (χ3v) is 6.87. The van der Waals surface area contributed by atoms with Gasteiger partial charge in [-0.1, -0.05) is 30.3 Å². The highest BCUT2D eigenvalue weighted by atomic mass is 32.2. The molecule has 1 saturated heterocycles. The van der Waals surface area contributed by atoms with Gasteiger partial charge in [0.1, 0.15) is 11.2 Å². The zero-order valence-corrected chi connectivity index (χ0v) is 19.7. The van der Waals surface area contributed by atoms with E-state index < -0.39 is 69.4 Å². The number of rotatable bonds is 6. The van der Waals surface area contributed by atoms with Gasteiger partial charge in [-0.05, 0) is 42.7 Å². The summed E-state index contributed by atoms with van der Waals surface area (Å²) in [5, 5.41) is 2.54. The van der Waals surface area contributed by atoms with E-state index in [1.165, 1.54) is 4.90 Å². The second-order valence-electron chi connectivity index (χ2n) is 8.78. The summed E-state index contributed by atoms with van der Waals surface area (Å²) in [5.41, 5.74) is -2.97. The number of anilines is 1. The van der Waals surface area contributed by atoms with Crippen LogP contribution in [0.4, 0.5) is 32.0 Å². The predicted molar refractivity (Wildman–Crippen MR) is 119 cm³/mol. The summed E-state index contributed by atoms with van der Waals surface area (Å²) in [6, 6.07) is 9.16. The van der Waals surface area contributed by atoms with E-state index in [0.29, 0.717) is 17.3 Å².